The summed E-state index contributed by atoms with van der Waals surface area (Å²) in [5.74, 6) is 0.121. The molecule has 0 fully saturated rings. The molecule has 100 valence electrons. The molecule has 1 unspecified atom stereocenters. The summed E-state index contributed by atoms with van der Waals surface area (Å²) in [6.45, 7) is 4.27. The number of amides is 1. The number of carbonyl (C=O) groups is 1. The third kappa shape index (κ3) is 3.31. The summed E-state index contributed by atoms with van der Waals surface area (Å²) in [7, 11) is 0. The van der Waals surface area contributed by atoms with E-state index < -0.39 is 0 Å². The van der Waals surface area contributed by atoms with E-state index in [9.17, 15) is 9.90 Å². The number of rotatable bonds is 5. The van der Waals surface area contributed by atoms with Gasteiger partial charge in [0.2, 0.25) is 5.91 Å². The minimum absolute atomic E-state index is 0.121. The second-order valence-electron chi connectivity index (χ2n) is 4.63. The van der Waals surface area contributed by atoms with E-state index in [1.54, 1.807) is 11.3 Å². The maximum atomic E-state index is 12.0. The molecule has 1 aromatic heterocycles. The maximum absolute atomic E-state index is 12.0. The van der Waals surface area contributed by atoms with Gasteiger partial charge in [-0.2, -0.15) is 0 Å². The average Bonchev–Trinajstić information content (AvgIpc) is 2.85. The van der Waals surface area contributed by atoms with Gasteiger partial charge >= 0.3 is 0 Å². The molecule has 1 atom stereocenters. The van der Waals surface area contributed by atoms with Crippen LogP contribution in [-0.2, 0) is 17.8 Å². The third-order valence-electron chi connectivity index (χ3n) is 3.29. The van der Waals surface area contributed by atoms with E-state index in [-0.39, 0.29) is 12.0 Å². The Balaban J connectivity index is 1.77. The van der Waals surface area contributed by atoms with E-state index in [0.717, 1.165) is 19.5 Å². The molecule has 1 aromatic rings. The zero-order chi connectivity index (χ0) is 13.0. The van der Waals surface area contributed by atoms with Crippen molar-refractivity contribution in [2.45, 2.75) is 32.4 Å². The van der Waals surface area contributed by atoms with Gasteiger partial charge in [-0.05, 0) is 29.9 Å². The molecule has 2 heterocycles. The van der Waals surface area contributed by atoms with Gasteiger partial charge < -0.3 is 15.3 Å². The van der Waals surface area contributed by atoms with Crippen LogP contribution >= 0.6 is 11.3 Å². The van der Waals surface area contributed by atoms with Gasteiger partial charge in [0, 0.05) is 24.5 Å². The van der Waals surface area contributed by atoms with Crippen molar-refractivity contribution >= 4 is 17.2 Å². The molecular weight excluding hydrogens is 248 g/mol. The smallest absolute Gasteiger partial charge is 0.236 e. The Morgan fingerprint density at radius 3 is 3.28 bits per heavy atom. The van der Waals surface area contributed by atoms with Crippen LogP contribution in [0.2, 0.25) is 0 Å². The van der Waals surface area contributed by atoms with Crippen molar-refractivity contribution in [3.05, 3.63) is 21.9 Å². The fraction of sp³-hybridized carbons (Fsp3) is 0.615. The zero-order valence-corrected chi connectivity index (χ0v) is 11.5. The van der Waals surface area contributed by atoms with Crippen molar-refractivity contribution in [2.75, 3.05) is 19.6 Å². The summed E-state index contributed by atoms with van der Waals surface area (Å²) in [6, 6.07) is 2.10. The van der Waals surface area contributed by atoms with Crippen molar-refractivity contribution in [1.29, 1.82) is 0 Å². The monoisotopic (exact) mass is 268 g/mol. The molecule has 0 saturated heterocycles. The summed E-state index contributed by atoms with van der Waals surface area (Å²) in [5.41, 5.74) is 1.29. The average molecular weight is 268 g/mol. The van der Waals surface area contributed by atoms with Crippen LogP contribution in [0.1, 0.15) is 23.8 Å². The number of thiophene rings is 1. The first-order chi connectivity index (χ1) is 8.70. The Kier molecular flexibility index (Phi) is 4.74. The maximum Gasteiger partial charge on any atom is 0.236 e. The van der Waals surface area contributed by atoms with E-state index in [2.05, 4.69) is 16.8 Å². The highest BCUT2D eigenvalue weighted by Gasteiger charge is 2.20. The molecule has 0 aliphatic carbocycles. The molecule has 2 N–H and O–H groups in total. The van der Waals surface area contributed by atoms with E-state index >= 15 is 0 Å². The van der Waals surface area contributed by atoms with E-state index in [0.29, 0.717) is 19.5 Å². The Morgan fingerprint density at radius 1 is 1.67 bits per heavy atom. The molecule has 0 aromatic carbocycles. The van der Waals surface area contributed by atoms with Crippen LogP contribution in [-0.4, -0.2) is 41.7 Å². The van der Waals surface area contributed by atoms with Gasteiger partial charge in [0.15, 0.2) is 0 Å². The number of nitrogens with one attached hydrogen (secondary N) is 1. The van der Waals surface area contributed by atoms with Crippen molar-refractivity contribution in [1.82, 2.24) is 10.2 Å². The number of carbonyl (C=O) groups excluding carboxylic acids is 1. The number of fused-ring (bicyclic) bond motifs is 1. The van der Waals surface area contributed by atoms with Crippen molar-refractivity contribution < 1.29 is 9.90 Å². The Bertz CT molecular complexity index is 405. The Hall–Kier alpha value is -0.910. The number of aliphatic hydroxyl groups is 1. The van der Waals surface area contributed by atoms with Gasteiger partial charge in [0.25, 0.3) is 0 Å². The van der Waals surface area contributed by atoms with Crippen molar-refractivity contribution in [3.8, 4) is 0 Å². The number of aliphatic hydroxyl groups excluding tert-OH is 1. The van der Waals surface area contributed by atoms with Crippen LogP contribution in [0.4, 0.5) is 0 Å². The SMILES string of the molecule is CCC(O)CNCC(=O)N1CCc2sccc2C1. The lowest BCUT2D eigenvalue weighted by molar-refractivity contribution is -0.131. The molecular formula is C13H20N2O2S. The summed E-state index contributed by atoms with van der Waals surface area (Å²) >= 11 is 1.78. The zero-order valence-electron chi connectivity index (χ0n) is 10.7. The lowest BCUT2D eigenvalue weighted by Crippen LogP contribution is -2.42. The Labute approximate surface area is 112 Å². The standard InChI is InChI=1S/C13H20N2O2S/c1-2-11(16)7-14-8-13(17)15-5-3-12-10(9-15)4-6-18-12/h4,6,11,14,16H,2-3,5,7-9H2,1H3. The number of nitrogens with zero attached hydrogens (tertiary/aromatic N) is 1. The van der Waals surface area contributed by atoms with Crippen LogP contribution in [0, 0.1) is 0 Å². The van der Waals surface area contributed by atoms with Gasteiger partial charge in [-0.3, -0.25) is 4.79 Å². The van der Waals surface area contributed by atoms with Gasteiger partial charge in [-0.15, -0.1) is 11.3 Å². The topological polar surface area (TPSA) is 52.6 Å². The molecule has 1 aliphatic rings. The quantitative estimate of drug-likeness (QED) is 0.837. The van der Waals surface area contributed by atoms with Gasteiger partial charge in [-0.25, -0.2) is 0 Å². The highest BCUT2D eigenvalue weighted by atomic mass is 32.1. The predicted molar refractivity (Wildman–Crippen MR) is 72.6 cm³/mol. The first kappa shape index (κ1) is 13.5. The van der Waals surface area contributed by atoms with Crippen LogP contribution in [0.5, 0.6) is 0 Å². The summed E-state index contributed by atoms with van der Waals surface area (Å²) < 4.78 is 0. The molecule has 0 saturated carbocycles. The van der Waals surface area contributed by atoms with E-state index in [4.69, 9.17) is 0 Å². The second-order valence-corrected chi connectivity index (χ2v) is 5.63. The fourth-order valence-corrected chi connectivity index (χ4v) is 2.95. The molecule has 2 rings (SSSR count). The molecule has 0 spiro atoms. The molecule has 5 heteroatoms. The van der Waals surface area contributed by atoms with Crippen LogP contribution in [0.15, 0.2) is 11.4 Å². The van der Waals surface area contributed by atoms with Crippen molar-refractivity contribution in [3.63, 3.8) is 0 Å². The fourth-order valence-electron chi connectivity index (χ4n) is 2.06. The molecule has 0 bridgehead atoms. The normalized spacial score (nSPS) is 16.4. The minimum Gasteiger partial charge on any atom is -0.392 e. The highest BCUT2D eigenvalue weighted by Crippen LogP contribution is 2.23. The summed E-state index contributed by atoms with van der Waals surface area (Å²) in [6.07, 6.45) is 1.32. The first-order valence-electron chi connectivity index (χ1n) is 6.42. The minimum atomic E-state index is -0.359. The summed E-state index contributed by atoms with van der Waals surface area (Å²) in [5, 5.41) is 14.5. The number of hydrogen-bond donors (Lipinski definition) is 2. The highest BCUT2D eigenvalue weighted by molar-refractivity contribution is 7.10. The Morgan fingerprint density at radius 2 is 2.50 bits per heavy atom. The largest absolute Gasteiger partial charge is 0.392 e. The van der Waals surface area contributed by atoms with Crippen molar-refractivity contribution in [2.24, 2.45) is 0 Å². The predicted octanol–water partition coefficient (Wildman–Crippen LogP) is 0.993. The molecule has 1 aliphatic heterocycles. The second kappa shape index (κ2) is 6.31. The van der Waals surface area contributed by atoms with E-state index in [1.807, 2.05) is 11.8 Å². The first-order valence-corrected chi connectivity index (χ1v) is 7.30. The van der Waals surface area contributed by atoms with Gasteiger partial charge in [0.05, 0.1) is 12.6 Å². The molecule has 18 heavy (non-hydrogen) atoms. The van der Waals surface area contributed by atoms with E-state index in [1.165, 1.54) is 10.4 Å². The lowest BCUT2D eigenvalue weighted by Gasteiger charge is -2.27. The van der Waals surface area contributed by atoms with Crippen LogP contribution < -0.4 is 5.32 Å². The molecule has 0 radical (unpaired) electrons. The third-order valence-corrected chi connectivity index (χ3v) is 4.31. The van der Waals surface area contributed by atoms with Crippen LogP contribution in [0.25, 0.3) is 0 Å². The molecule has 1 amide bonds. The lowest BCUT2D eigenvalue weighted by atomic mass is 10.1. The van der Waals surface area contributed by atoms with Gasteiger partial charge in [-0.1, -0.05) is 6.92 Å². The number of hydrogen-bond acceptors (Lipinski definition) is 4. The van der Waals surface area contributed by atoms with Gasteiger partial charge in [0.1, 0.15) is 0 Å². The molecule has 4 nitrogen and oxygen atoms in total. The summed E-state index contributed by atoms with van der Waals surface area (Å²) in [4.78, 5) is 15.3. The van der Waals surface area contributed by atoms with Crippen LogP contribution in [0.3, 0.4) is 0 Å².